The van der Waals surface area contributed by atoms with Gasteiger partial charge in [0.15, 0.2) is 0 Å². The SMILES string of the molecule is Cc1cccc(OCCCn2c(COc3cc(C)ccc3C(C)C)nc3ccccc32)c1. The highest BCUT2D eigenvalue weighted by atomic mass is 16.5. The minimum atomic E-state index is 0.406. The molecule has 0 bridgehead atoms. The van der Waals surface area contributed by atoms with Crippen LogP contribution in [0.25, 0.3) is 11.0 Å². The summed E-state index contributed by atoms with van der Waals surface area (Å²) in [5, 5.41) is 0. The van der Waals surface area contributed by atoms with E-state index in [4.69, 9.17) is 14.5 Å². The average Bonchev–Trinajstić information content (AvgIpc) is 3.12. The van der Waals surface area contributed by atoms with E-state index < -0.39 is 0 Å². The summed E-state index contributed by atoms with van der Waals surface area (Å²) in [6.45, 7) is 10.5. The van der Waals surface area contributed by atoms with Gasteiger partial charge in [-0.1, -0.05) is 50.2 Å². The molecule has 0 aliphatic rings. The number of ether oxygens (including phenoxy) is 2. The van der Waals surface area contributed by atoms with Crippen LogP contribution in [0.3, 0.4) is 0 Å². The summed E-state index contributed by atoms with van der Waals surface area (Å²) < 4.78 is 14.5. The predicted molar refractivity (Wildman–Crippen MR) is 131 cm³/mol. The highest BCUT2D eigenvalue weighted by Gasteiger charge is 2.13. The van der Waals surface area contributed by atoms with Gasteiger partial charge in [0.2, 0.25) is 0 Å². The Morgan fingerprint density at radius 3 is 2.50 bits per heavy atom. The molecular formula is C28H32N2O2. The summed E-state index contributed by atoms with van der Waals surface area (Å²) >= 11 is 0. The molecule has 4 nitrogen and oxygen atoms in total. The van der Waals surface area contributed by atoms with E-state index in [1.54, 1.807) is 0 Å². The van der Waals surface area contributed by atoms with E-state index in [9.17, 15) is 0 Å². The first kappa shape index (κ1) is 21.9. The molecule has 0 unspecified atom stereocenters. The van der Waals surface area contributed by atoms with Crippen LogP contribution in [-0.2, 0) is 13.2 Å². The number of fused-ring (bicyclic) bond motifs is 1. The van der Waals surface area contributed by atoms with Crippen molar-refractivity contribution in [2.24, 2.45) is 0 Å². The zero-order valence-electron chi connectivity index (χ0n) is 19.5. The van der Waals surface area contributed by atoms with Gasteiger partial charge in [0.25, 0.3) is 0 Å². The number of imidazole rings is 1. The van der Waals surface area contributed by atoms with Gasteiger partial charge in [-0.15, -0.1) is 0 Å². The van der Waals surface area contributed by atoms with E-state index in [0.717, 1.165) is 41.3 Å². The third-order valence-electron chi connectivity index (χ3n) is 5.67. The van der Waals surface area contributed by atoms with Crippen molar-refractivity contribution in [2.45, 2.75) is 53.2 Å². The van der Waals surface area contributed by atoms with Gasteiger partial charge in [-0.2, -0.15) is 0 Å². The largest absolute Gasteiger partial charge is 0.494 e. The highest BCUT2D eigenvalue weighted by Crippen LogP contribution is 2.28. The fraction of sp³-hybridized carbons (Fsp3) is 0.321. The Bertz CT molecular complexity index is 1190. The number of hydrogen-bond donors (Lipinski definition) is 0. The van der Waals surface area contributed by atoms with Crippen LogP contribution in [-0.4, -0.2) is 16.2 Å². The van der Waals surface area contributed by atoms with Gasteiger partial charge >= 0.3 is 0 Å². The van der Waals surface area contributed by atoms with E-state index in [-0.39, 0.29) is 0 Å². The monoisotopic (exact) mass is 428 g/mol. The van der Waals surface area contributed by atoms with Gasteiger partial charge in [-0.25, -0.2) is 4.98 Å². The molecule has 0 aliphatic carbocycles. The molecule has 32 heavy (non-hydrogen) atoms. The molecule has 1 aromatic heterocycles. The van der Waals surface area contributed by atoms with Crippen molar-refractivity contribution in [1.29, 1.82) is 0 Å². The van der Waals surface area contributed by atoms with Crippen LogP contribution in [0.4, 0.5) is 0 Å². The first-order chi connectivity index (χ1) is 15.5. The topological polar surface area (TPSA) is 36.3 Å². The number of nitrogens with zero attached hydrogens (tertiary/aromatic N) is 2. The first-order valence-electron chi connectivity index (χ1n) is 11.4. The molecule has 0 saturated carbocycles. The molecule has 0 amide bonds. The molecule has 4 rings (SSSR count). The van der Waals surface area contributed by atoms with Gasteiger partial charge in [0.05, 0.1) is 17.6 Å². The Kier molecular flexibility index (Phi) is 6.79. The van der Waals surface area contributed by atoms with Crippen molar-refractivity contribution in [3.8, 4) is 11.5 Å². The Balaban J connectivity index is 1.49. The lowest BCUT2D eigenvalue weighted by atomic mass is 10.0. The summed E-state index contributed by atoms with van der Waals surface area (Å²) in [5.41, 5.74) is 5.77. The smallest absolute Gasteiger partial charge is 0.148 e. The average molecular weight is 429 g/mol. The van der Waals surface area contributed by atoms with Crippen LogP contribution in [0.1, 0.15) is 48.7 Å². The van der Waals surface area contributed by atoms with Crippen molar-refractivity contribution in [2.75, 3.05) is 6.61 Å². The Labute approximate surface area is 190 Å². The summed E-state index contributed by atoms with van der Waals surface area (Å²) in [5.74, 6) is 3.22. The predicted octanol–water partition coefficient (Wildman–Crippen LogP) is 6.82. The number of hydrogen-bond acceptors (Lipinski definition) is 3. The third-order valence-corrected chi connectivity index (χ3v) is 5.67. The number of rotatable bonds is 9. The zero-order valence-corrected chi connectivity index (χ0v) is 19.5. The molecule has 0 radical (unpaired) electrons. The van der Waals surface area contributed by atoms with Crippen LogP contribution in [0, 0.1) is 13.8 Å². The second-order valence-corrected chi connectivity index (χ2v) is 8.67. The number of aromatic nitrogens is 2. The molecule has 0 spiro atoms. The molecular weight excluding hydrogens is 396 g/mol. The molecule has 3 aromatic carbocycles. The number of aryl methyl sites for hydroxylation is 3. The Morgan fingerprint density at radius 1 is 0.875 bits per heavy atom. The molecule has 0 saturated heterocycles. The van der Waals surface area contributed by atoms with Gasteiger partial charge < -0.3 is 14.0 Å². The summed E-state index contributed by atoms with van der Waals surface area (Å²) in [6, 6.07) is 22.9. The molecule has 0 fully saturated rings. The third kappa shape index (κ3) is 5.13. The van der Waals surface area contributed by atoms with Crippen molar-refractivity contribution in [3.63, 3.8) is 0 Å². The van der Waals surface area contributed by atoms with Crippen molar-refractivity contribution in [3.05, 3.63) is 89.2 Å². The fourth-order valence-electron chi connectivity index (χ4n) is 3.99. The Hall–Kier alpha value is -3.27. The minimum Gasteiger partial charge on any atom is -0.494 e. The van der Waals surface area contributed by atoms with E-state index in [2.05, 4.69) is 80.8 Å². The van der Waals surface area contributed by atoms with Crippen LogP contribution >= 0.6 is 0 Å². The maximum absolute atomic E-state index is 6.31. The quantitative estimate of drug-likeness (QED) is 0.274. The summed E-state index contributed by atoms with van der Waals surface area (Å²) in [4.78, 5) is 4.87. The lowest BCUT2D eigenvalue weighted by molar-refractivity contribution is 0.277. The summed E-state index contributed by atoms with van der Waals surface area (Å²) in [6.07, 6.45) is 0.892. The van der Waals surface area contributed by atoms with Crippen molar-refractivity contribution in [1.82, 2.24) is 9.55 Å². The zero-order chi connectivity index (χ0) is 22.5. The normalized spacial score (nSPS) is 11.3. The lowest BCUT2D eigenvalue weighted by Gasteiger charge is -2.16. The van der Waals surface area contributed by atoms with Crippen LogP contribution in [0.15, 0.2) is 66.7 Å². The van der Waals surface area contributed by atoms with E-state index in [0.29, 0.717) is 19.1 Å². The molecule has 4 heteroatoms. The van der Waals surface area contributed by atoms with Crippen LogP contribution in [0.2, 0.25) is 0 Å². The molecule has 0 atom stereocenters. The Morgan fingerprint density at radius 2 is 1.69 bits per heavy atom. The molecule has 1 heterocycles. The minimum absolute atomic E-state index is 0.406. The maximum Gasteiger partial charge on any atom is 0.148 e. The second kappa shape index (κ2) is 9.90. The van der Waals surface area contributed by atoms with Crippen molar-refractivity contribution >= 4 is 11.0 Å². The van der Waals surface area contributed by atoms with E-state index in [1.165, 1.54) is 16.7 Å². The lowest BCUT2D eigenvalue weighted by Crippen LogP contribution is -2.11. The van der Waals surface area contributed by atoms with Gasteiger partial charge in [-0.3, -0.25) is 0 Å². The first-order valence-corrected chi connectivity index (χ1v) is 11.4. The van der Waals surface area contributed by atoms with Crippen molar-refractivity contribution < 1.29 is 9.47 Å². The fourth-order valence-corrected chi connectivity index (χ4v) is 3.99. The van der Waals surface area contributed by atoms with E-state index >= 15 is 0 Å². The molecule has 0 N–H and O–H groups in total. The molecule has 166 valence electrons. The number of para-hydroxylation sites is 2. The van der Waals surface area contributed by atoms with Gasteiger partial charge in [0, 0.05) is 6.54 Å². The maximum atomic E-state index is 6.31. The van der Waals surface area contributed by atoms with Crippen LogP contribution in [0.5, 0.6) is 11.5 Å². The molecule has 0 aliphatic heterocycles. The number of benzene rings is 3. The highest BCUT2D eigenvalue weighted by molar-refractivity contribution is 5.75. The standard InChI is InChI=1S/C28H32N2O2/c1-20(2)24-14-13-22(4)18-27(24)32-19-28-29-25-11-5-6-12-26(25)30(28)15-8-16-31-23-10-7-9-21(3)17-23/h5-7,9-14,17-18,20H,8,15-16,19H2,1-4H3. The second-order valence-electron chi connectivity index (χ2n) is 8.67. The van der Waals surface area contributed by atoms with E-state index in [1.807, 2.05) is 18.2 Å². The summed E-state index contributed by atoms with van der Waals surface area (Å²) in [7, 11) is 0. The molecule has 4 aromatic rings. The van der Waals surface area contributed by atoms with Gasteiger partial charge in [-0.05, 0) is 73.2 Å². The van der Waals surface area contributed by atoms with Crippen LogP contribution < -0.4 is 9.47 Å². The van der Waals surface area contributed by atoms with Gasteiger partial charge in [0.1, 0.15) is 23.9 Å².